The Bertz CT molecular complexity index is 485. The lowest BCUT2D eigenvalue weighted by atomic mass is 9.98. The van der Waals surface area contributed by atoms with Crippen LogP contribution in [0.25, 0.3) is 0 Å². The molecule has 0 fully saturated rings. The number of rotatable bonds is 4. The first-order valence-corrected chi connectivity index (χ1v) is 5.93. The minimum Gasteiger partial charge on any atom is -0.352 e. The molecule has 0 saturated carbocycles. The molecular formula is C12H15ClN2O4. The third-order valence-electron chi connectivity index (χ3n) is 2.28. The number of carbonyl (C=O) groups is 1. The van der Waals surface area contributed by atoms with Gasteiger partial charge in [-0.25, -0.2) is 4.79 Å². The molecule has 0 radical (unpaired) electrons. The maximum atomic E-state index is 11.6. The van der Waals surface area contributed by atoms with Crippen molar-refractivity contribution < 1.29 is 14.6 Å². The molecule has 0 unspecified atom stereocenters. The van der Waals surface area contributed by atoms with Gasteiger partial charge in [0.05, 0.1) is 16.9 Å². The number of nitro groups is 1. The van der Waals surface area contributed by atoms with Crippen LogP contribution in [0.5, 0.6) is 0 Å². The molecule has 0 aliphatic carbocycles. The summed E-state index contributed by atoms with van der Waals surface area (Å²) in [6.45, 7) is 4.99. The number of halogens is 1. The van der Waals surface area contributed by atoms with Gasteiger partial charge in [-0.15, -0.1) is 0 Å². The fourth-order valence-electron chi connectivity index (χ4n) is 1.22. The van der Waals surface area contributed by atoms with E-state index in [2.05, 4.69) is 0 Å². The van der Waals surface area contributed by atoms with Crippen molar-refractivity contribution in [3.05, 3.63) is 39.9 Å². The third-order valence-corrected chi connectivity index (χ3v) is 2.47. The molecule has 0 amide bonds. The predicted octanol–water partition coefficient (Wildman–Crippen LogP) is 3.05. The van der Waals surface area contributed by atoms with Gasteiger partial charge >= 0.3 is 5.97 Å². The lowest BCUT2D eigenvalue weighted by molar-refractivity contribution is -0.385. The van der Waals surface area contributed by atoms with E-state index in [4.69, 9.17) is 16.6 Å². The first-order valence-electron chi connectivity index (χ1n) is 5.60. The standard InChI is InChI=1S/C12H15ClN2O4/c1-12(2,3)11(16)19-14(13)8-9-6-4-5-7-10(9)15(17)18/h4-7H,8H2,1-3H3. The molecule has 6 nitrogen and oxygen atoms in total. The van der Waals surface area contributed by atoms with Gasteiger partial charge in [0.2, 0.25) is 0 Å². The van der Waals surface area contributed by atoms with Crippen molar-refractivity contribution in [1.82, 2.24) is 4.58 Å². The minimum absolute atomic E-state index is 0.0689. The summed E-state index contributed by atoms with van der Waals surface area (Å²) in [6.07, 6.45) is 0. The summed E-state index contributed by atoms with van der Waals surface area (Å²) in [4.78, 5) is 26.8. The predicted molar refractivity (Wildman–Crippen MR) is 70.0 cm³/mol. The van der Waals surface area contributed by atoms with Crippen LogP contribution in [0.4, 0.5) is 5.69 Å². The number of hydrogen-bond acceptors (Lipinski definition) is 5. The second-order valence-corrected chi connectivity index (χ2v) is 5.37. The molecule has 0 N–H and O–H groups in total. The van der Waals surface area contributed by atoms with Crippen LogP contribution in [-0.2, 0) is 16.2 Å². The Hall–Kier alpha value is -1.66. The molecule has 0 aliphatic rings. The van der Waals surface area contributed by atoms with Crippen LogP contribution in [0.3, 0.4) is 0 Å². The molecule has 0 bridgehead atoms. The van der Waals surface area contributed by atoms with Gasteiger partial charge in [0.15, 0.2) is 0 Å². The first-order chi connectivity index (χ1) is 8.71. The lowest BCUT2D eigenvalue weighted by Gasteiger charge is -2.20. The zero-order valence-electron chi connectivity index (χ0n) is 10.9. The average molecular weight is 287 g/mol. The number of para-hydroxylation sites is 1. The van der Waals surface area contributed by atoms with Crippen LogP contribution in [0.2, 0.25) is 0 Å². The summed E-state index contributed by atoms with van der Waals surface area (Å²) >= 11 is 5.76. The number of hydroxylamine groups is 1. The SMILES string of the molecule is CC(C)(C)C(=O)ON(Cl)Cc1ccccc1[N+](=O)[O-]. The van der Waals surface area contributed by atoms with Crippen molar-refractivity contribution in [2.75, 3.05) is 0 Å². The van der Waals surface area contributed by atoms with Gasteiger partial charge < -0.3 is 4.84 Å². The van der Waals surface area contributed by atoms with E-state index >= 15 is 0 Å². The van der Waals surface area contributed by atoms with E-state index in [1.807, 2.05) is 0 Å². The molecule has 1 aromatic rings. The second-order valence-electron chi connectivity index (χ2n) is 4.99. The summed E-state index contributed by atoms with van der Waals surface area (Å²) in [5.41, 5.74) is -0.403. The van der Waals surface area contributed by atoms with Crippen LogP contribution < -0.4 is 0 Å². The molecule has 0 saturated heterocycles. The summed E-state index contributed by atoms with van der Waals surface area (Å²) in [5, 5.41) is 10.8. The fourth-order valence-corrected chi connectivity index (χ4v) is 1.41. The topological polar surface area (TPSA) is 72.7 Å². The molecule has 7 heteroatoms. The maximum Gasteiger partial charge on any atom is 0.332 e. The number of carbonyl (C=O) groups excluding carboxylic acids is 1. The number of nitro benzene ring substituents is 1. The Morgan fingerprint density at radius 1 is 1.42 bits per heavy atom. The third kappa shape index (κ3) is 4.50. The van der Waals surface area contributed by atoms with E-state index in [-0.39, 0.29) is 12.2 Å². The summed E-state index contributed by atoms with van der Waals surface area (Å²) in [7, 11) is 0. The highest BCUT2D eigenvalue weighted by atomic mass is 35.5. The van der Waals surface area contributed by atoms with E-state index in [9.17, 15) is 14.9 Å². The molecule has 1 rings (SSSR count). The van der Waals surface area contributed by atoms with Crippen LogP contribution in [0.1, 0.15) is 26.3 Å². The number of nitrogens with zero attached hydrogens (tertiary/aromatic N) is 2. The van der Waals surface area contributed by atoms with Gasteiger partial charge in [0.25, 0.3) is 5.69 Å². The van der Waals surface area contributed by atoms with Gasteiger partial charge in [0.1, 0.15) is 0 Å². The summed E-state index contributed by atoms with van der Waals surface area (Å²) < 4.78 is 0.774. The van der Waals surface area contributed by atoms with Gasteiger partial charge in [-0.05, 0) is 25.4 Å². The van der Waals surface area contributed by atoms with E-state index < -0.39 is 16.3 Å². The second kappa shape index (κ2) is 5.99. The average Bonchev–Trinajstić information content (AvgIpc) is 2.27. The molecule has 0 aromatic heterocycles. The van der Waals surface area contributed by atoms with Crippen molar-refractivity contribution in [2.45, 2.75) is 27.3 Å². The van der Waals surface area contributed by atoms with Crippen LogP contribution in [-0.4, -0.2) is 15.5 Å². The molecule has 1 aromatic carbocycles. The first kappa shape index (κ1) is 15.4. The van der Waals surface area contributed by atoms with Gasteiger partial charge in [-0.2, -0.15) is 0 Å². The number of benzene rings is 1. The Labute approximate surface area is 116 Å². The van der Waals surface area contributed by atoms with Crippen molar-refractivity contribution >= 4 is 23.4 Å². The molecule has 0 aliphatic heterocycles. The summed E-state index contributed by atoms with van der Waals surface area (Å²) in [6, 6.07) is 6.13. The van der Waals surface area contributed by atoms with Crippen molar-refractivity contribution in [3.63, 3.8) is 0 Å². The van der Waals surface area contributed by atoms with Crippen molar-refractivity contribution in [2.24, 2.45) is 5.41 Å². The van der Waals surface area contributed by atoms with Crippen molar-refractivity contribution in [3.8, 4) is 0 Å². The van der Waals surface area contributed by atoms with E-state index in [0.717, 1.165) is 4.58 Å². The molecule has 0 atom stereocenters. The van der Waals surface area contributed by atoms with E-state index in [1.54, 1.807) is 39.0 Å². The zero-order valence-corrected chi connectivity index (χ0v) is 11.7. The molecular weight excluding hydrogens is 272 g/mol. The number of hydrogen-bond donors (Lipinski definition) is 0. The van der Waals surface area contributed by atoms with E-state index in [1.165, 1.54) is 6.07 Å². The minimum atomic E-state index is -0.699. The van der Waals surface area contributed by atoms with Crippen molar-refractivity contribution in [1.29, 1.82) is 0 Å². The molecule has 19 heavy (non-hydrogen) atoms. The van der Waals surface area contributed by atoms with Gasteiger partial charge in [-0.3, -0.25) is 10.1 Å². The Balaban J connectivity index is 2.75. The molecule has 104 valence electrons. The summed E-state index contributed by atoms with van der Waals surface area (Å²) in [5.74, 6) is -0.513. The Kier molecular flexibility index (Phi) is 4.85. The Morgan fingerprint density at radius 2 is 2.00 bits per heavy atom. The van der Waals surface area contributed by atoms with Gasteiger partial charge in [-0.1, -0.05) is 18.2 Å². The molecule has 0 spiro atoms. The van der Waals surface area contributed by atoms with Gasteiger partial charge in [0, 0.05) is 23.4 Å². The van der Waals surface area contributed by atoms with Crippen LogP contribution in [0, 0.1) is 15.5 Å². The zero-order chi connectivity index (χ0) is 14.6. The van der Waals surface area contributed by atoms with Crippen LogP contribution >= 0.6 is 11.8 Å². The quantitative estimate of drug-likeness (QED) is 0.483. The largest absolute Gasteiger partial charge is 0.352 e. The molecule has 0 heterocycles. The highest BCUT2D eigenvalue weighted by Gasteiger charge is 2.26. The smallest absolute Gasteiger partial charge is 0.332 e. The van der Waals surface area contributed by atoms with E-state index in [0.29, 0.717) is 5.56 Å². The highest BCUT2D eigenvalue weighted by molar-refractivity contribution is 6.13. The Morgan fingerprint density at radius 3 is 2.53 bits per heavy atom. The lowest BCUT2D eigenvalue weighted by Crippen LogP contribution is -2.28. The monoisotopic (exact) mass is 286 g/mol. The highest BCUT2D eigenvalue weighted by Crippen LogP contribution is 2.22. The maximum absolute atomic E-state index is 11.6. The van der Waals surface area contributed by atoms with Crippen LogP contribution in [0.15, 0.2) is 24.3 Å². The normalized spacial score (nSPS) is 11.4. The fraction of sp³-hybridized carbons (Fsp3) is 0.417.